The molecule has 0 bridgehead atoms. The number of hydrogen-bond acceptors (Lipinski definition) is 4. The number of aromatic amines is 1. The number of hydrogen-bond donors (Lipinski definition) is 2. The van der Waals surface area contributed by atoms with Crippen LogP contribution in [0.5, 0.6) is 5.88 Å². The van der Waals surface area contributed by atoms with Crippen molar-refractivity contribution in [2.24, 2.45) is 5.92 Å². The van der Waals surface area contributed by atoms with E-state index in [1.165, 1.54) is 6.07 Å². The normalized spacial score (nSPS) is 18.5. The average Bonchev–Trinajstić information content (AvgIpc) is 3.24. The van der Waals surface area contributed by atoms with Crippen molar-refractivity contribution in [1.82, 2.24) is 15.0 Å². The Morgan fingerprint density at radius 3 is 2.50 bits per heavy atom. The predicted octanol–water partition coefficient (Wildman–Crippen LogP) is 5.45. The monoisotopic (exact) mass is 431 g/mol. The molecule has 1 saturated carbocycles. The van der Waals surface area contributed by atoms with E-state index in [-0.39, 0.29) is 17.8 Å². The third-order valence-electron chi connectivity index (χ3n) is 5.99. The van der Waals surface area contributed by atoms with Gasteiger partial charge in [-0.25, -0.2) is 14.4 Å². The Hall–Kier alpha value is -3.74. The predicted molar refractivity (Wildman–Crippen MR) is 119 cm³/mol. The Morgan fingerprint density at radius 2 is 1.81 bits per heavy atom. The summed E-state index contributed by atoms with van der Waals surface area (Å²) in [5, 5.41) is 9.10. The first-order chi connectivity index (χ1) is 15.6. The van der Waals surface area contributed by atoms with Gasteiger partial charge in [0.1, 0.15) is 17.7 Å². The summed E-state index contributed by atoms with van der Waals surface area (Å²) < 4.78 is 20.8. The number of benzene rings is 2. The second kappa shape index (κ2) is 8.42. The standard InChI is InChI=1S/C25H22FN3O3/c26-20-13-16(7-11-19(20)24-28-21-3-1-2-4-22(21)29-24)17-8-12-23(27-14-17)32-18-9-5-15(6-10-18)25(30)31/h1-4,7-8,11-15,18H,5-6,9-10H2,(H,28,29)(H,30,31). The number of carboxylic acids is 1. The molecular formula is C25H22FN3O3. The molecule has 2 heterocycles. The molecule has 0 atom stereocenters. The number of nitrogens with one attached hydrogen (secondary N) is 1. The van der Waals surface area contributed by atoms with Crippen LogP contribution >= 0.6 is 0 Å². The maximum atomic E-state index is 14.9. The number of carboxylic acid groups (broad SMARTS) is 1. The fourth-order valence-electron chi connectivity index (χ4n) is 4.19. The van der Waals surface area contributed by atoms with E-state index >= 15 is 0 Å². The molecule has 0 radical (unpaired) electrons. The number of pyridine rings is 1. The van der Waals surface area contributed by atoms with Gasteiger partial charge in [0.05, 0.1) is 22.5 Å². The van der Waals surface area contributed by atoms with Crippen molar-refractivity contribution < 1.29 is 19.0 Å². The lowest BCUT2D eigenvalue weighted by Crippen LogP contribution is -2.28. The van der Waals surface area contributed by atoms with Crippen LogP contribution in [0.2, 0.25) is 0 Å². The van der Waals surface area contributed by atoms with Crippen molar-refractivity contribution in [1.29, 1.82) is 0 Å². The minimum atomic E-state index is -0.732. The van der Waals surface area contributed by atoms with Gasteiger partial charge in [0, 0.05) is 17.8 Å². The number of fused-ring (bicyclic) bond motifs is 1. The summed E-state index contributed by atoms with van der Waals surface area (Å²) in [5.74, 6) is -0.383. The van der Waals surface area contributed by atoms with Crippen LogP contribution in [0.25, 0.3) is 33.5 Å². The Morgan fingerprint density at radius 1 is 1.03 bits per heavy atom. The van der Waals surface area contributed by atoms with E-state index in [9.17, 15) is 9.18 Å². The van der Waals surface area contributed by atoms with E-state index < -0.39 is 5.97 Å². The molecule has 1 fully saturated rings. The van der Waals surface area contributed by atoms with Gasteiger partial charge in [-0.05, 0) is 61.6 Å². The molecule has 5 rings (SSSR count). The van der Waals surface area contributed by atoms with E-state index in [1.54, 1.807) is 18.3 Å². The van der Waals surface area contributed by atoms with Crippen LogP contribution in [0.3, 0.4) is 0 Å². The maximum Gasteiger partial charge on any atom is 0.306 e. The smallest absolute Gasteiger partial charge is 0.306 e. The van der Waals surface area contributed by atoms with Crippen LogP contribution in [-0.2, 0) is 4.79 Å². The highest BCUT2D eigenvalue weighted by molar-refractivity contribution is 5.80. The van der Waals surface area contributed by atoms with Crippen LogP contribution in [0.15, 0.2) is 60.8 Å². The van der Waals surface area contributed by atoms with Crippen molar-refractivity contribution >= 4 is 17.0 Å². The molecule has 0 amide bonds. The molecule has 0 unspecified atom stereocenters. The third kappa shape index (κ3) is 4.06. The quantitative estimate of drug-likeness (QED) is 0.438. The van der Waals surface area contributed by atoms with Crippen LogP contribution < -0.4 is 4.74 Å². The van der Waals surface area contributed by atoms with Crippen LogP contribution in [-0.4, -0.2) is 32.1 Å². The lowest BCUT2D eigenvalue weighted by molar-refractivity contribution is -0.143. The summed E-state index contributed by atoms with van der Waals surface area (Å²) in [6.07, 6.45) is 4.28. The molecule has 2 aromatic heterocycles. The number of imidazole rings is 1. The minimum absolute atomic E-state index is 0.0236. The topological polar surface area (TPSA) is 88.1 Å². The van der Waals surface area contributed by atoms with Gasteiger partial charge in [0.25, 0.3) is 0 Å². The van der Waals surface area contributed by atoms with Gasteiger partial charge in [0.2, 0.25) is 5.88 Å². The molecule has 2 N–H and O–H groups in total. The first kappa shape index (κ1) is 20.2. The van der Waals surface area contributed by atoms with Crippen molar-refractivity contribution in [2.45, 2.75) is 31.8 Å². The maximum absolute atomic E-state index is 14.9. The molecule has 6 nitrogen and oxygen atoms in total. The largest absolute Gasteiger partial charge is 0.481 e. The molecule has 1 aliphatic rings. The number of carbonyl (C=O) groups is 1. The number of nitrogens with zero attached hydrogens (tertiary/aromatic N) is 2. The molecule has 0 aliphatic heterocycles. The number of para-hydroxylation sites is 2. The Bertz CT molecular complexity index is 1230. The summed E-state index contributed by atoms with van der Waals surface area (Å²) in [5.41, 5.74) is 3.56. The van der Waals surface area contributed by atoms with Crippen LogP contribution in [0.1, 0.15) is 25.7 Å². The van der Waals surface area contributed by atoms with Gasteiger partial charge in [-0.3, -0.25) is 4.79 Å². The first-order valence-corrected chi connectivity index (χ1v) is 10.7. The third-order valence-corrected chi connectivity index (χ3v) is 5.99. The van der Waals surface area contributed by atoms with Crippen molar-refractivity contribution in [3.63, 3.8) is 0 Å². The minimum Gasteiger partial charge on any atom is -0.481 e. The Kier molecular flexibility index (Phi) is 5.31. The molecule has 0 saturated heterocycles. The van der Waals surface area contributed by atoms with Gasteiger partial charge in [-0.2, -0.15) is 0 Å². The van der Waals surface area contributed by atoms with E-state index in [0.717, 1.165) is 16.6 Å². The lowest BCUT2D eigenvalue weighted by Gasteiger charge is -2.26. The molecule has 162 valence electrons. The number of H-pyrrole nitrogens is 1. The zero-order chi connectivity index (χ0) is 22.1. The summed E-state index contributed by atoms with van der Waals surface area (Å²) >= 11 is 0. The average molecular weight is 431 g/mol. The molecule has 32 heavy (non-hydrogen) atoms. The van der Waals surface area contributed by atoms with Crippen molar-refractivity contribution in [3.05, 3.63) is 66.6 Å². The van der Waals surface area contributed by atoms with Gasteiger partial charge < -0.3 is 14.8 Å². The van der Waals surface area contributed by atoms with Crippen molar-refractivity contribution in [2.75, 3.05) is 0 Å². The van der Waals surface area contributed by atoms with Crippen LogP contribution in [0.4, 0.5) is 4.39 Å². The number of rotatable bonds is 5. The number of ether oxygens (including phenoxy) is 1. The zero-order valence-corrected chi connectivity index (χ0v) is 17.3. The second-order valence-corrected chi connectivity index (χ2v) is 8.11. The summed E-state index contributed by atoms with van der Waals surface area (Å²) in [6.45, 7) is 0. The van der Waals surface area contributed by atoms with Gasteiger partial charge >= 0.3 is 5.97 Å². The van der Waals surface area contributed by atoms with E-state index in [1.807, 2.05) is 36.4 Å². The fourth-order valence-corrected chi connectivity index (χ4v) is 4.19. The lowest BCUT2D eigenvalue weighted by atomic mass is 9.87. The first-order valence-electron chi connectivity index (χ1n) is 10.7. The van der Waals surface area contributed by atoms with Crippen LogP contribution in [0, 0.1) is 11.7 Å². The van der Waals surface area contributed by atoms with Gasteiger partial charge in [-0.15, -0.1) is 0 Å². The summed E-state index contributed by atoms with van der Waals surface area (Å²) in [6, 6.07) is 16.3. The highest BCUT2D eigenvalue weighted by atomic mass is 19.1. The Labute approximate surface area is 184 Å². The molecular weight excluding hydrogens is 409 g/mol. The Balaban J connectivity index is 1.29. The number of aliphatic carboxylic acids is 1. The van der Waals surface area contributed by atoms with Gasteiger partial charge in [0.15, 0.2) is 0 Å². The second-order valence-electron chi connectivity index (χ2n) is 8.11. The summed E-state index contributed by atoms with van der Waals surface area (Å²) in [7, 11) is 0. The highest BCUT2D eigenvalue weighted by Gasteiger charge is 2.27. The SMILES string of the molecule is O=C(O)C1CCC(Oc2ccc(-c3ccc(-c4nc5ccccc5[nH]4)c(F)c3)cn2)CC1. The molecule has 4 aromatic rings. The fraction of sp³-hybridized carbons (Fsp3) is 0.240. The molecule has 7 heteroatoms. The molecule has 2 aromatic carbocycles. The van der Waals surface area contributed by atoms with E-state index in [4.69, 9.17) is 9.84 Å². The molecule has 0 spiro atoms. The zero-order valence-electron chi connectivity index (χ0n) is 17.3. The highest BCUT2D eigenvalue weighted by Crippen LogP contribution is 2.30. The van der Waals surface area contributed by atoms with Crippen molar-refractivity contribution in [3.8, 4) is 28.4 Å². The molecule has 1 aliphatic carbocycles. The summed E-state index contributed by atoms with van der Waals surface area (Å²) in [4.78, 5) is 23.1. The van der Waals surface area contributed by atoms with Gasteiger partial charge in [-0.1, -0.05) is 18.2 Å². The van der Waals surface area contributed by atoms with E-state index in [2.05, 4.69) is 15.0 Å². The number of aromatic nitrogens is 3. The number of halogens is 1. The van der Waals surface area contributed by atoms with E-state index in [0.29, 0.717) is 48.5 Å².